The second-order valence-electron chi connectivity index (χ2n) is 8.89. The molecule has 1 aliphatic heterocycles. The maximum absolute atomic E-state index is 12.3. The molecule has 2 aromatic rings. The number of hydrogen-bond donors (Lipinski definition) is 1. The van der Waals surface area contributed by atoms with E-state index in [0.717, 1.165) is 0 Å². The number of ether oxygens (including phenoxy) is 1. The normalized spacial score (nSPS) is 23.9. The third-order valence-corrected chi connectivity index (χ3v) is 8.82. The molecule has 183 valence electrons. The Labute approximate surface area is 194 Å². The monoisotopic (exact) mass is 746 g/mol. The fraction of sp³-hybridized carbons (Fsp3) is 0.714. The standard InChI is InChI=1S/C21H32N6O5P.Rf/c1-12(2)27(13(3)4)33(30-9-7-8-22)32-18-14(5)21(31-16(18)10-28)26-11-23-17-19(26)24-15(6)25-20(17)29;/h11-14,16,18,21H,7,9-10H2,1-6H3,(H,24,25,29);/q-1;+1/t14-,16+,18?,21+,33?;/m0./s1. The average molecular weight is 746 g/mol. The summed E-state index contributed by atoms with van der Waals surface area (Å²) >= 11 is 0. The van der Waals surface area contributed by atoms with E-state index in [4.69, 9.17) is 24.2 Å². The van der Waals surface area contributed by atoms with Gasteiger partial charge < -0.3 is 0 Å². The van der Waals surface area contributed by atoms with Gasteiger partial charge in [0.15, 0.2) is 0 Å². The van der Waals surface area contributed by atoms with Crippen molar-refractivity contribution >= 4 is 19.7 Å². The first-order valence-corrected chi connectivity index (χ1v) is 15.1. The molecule has 34 heavy (non-hydrogen) atoms. The maximum atomic E-state index is 12.3. The van der Waals surface area contributed by atoms with Crippen LogP contribution in [0, 0.1) is 24.2 Å². The fourth-order valence-electron chi connectivity index (χ4n) is 4.23. The fourth-order valence-corrected chi connectivity index (χ4v) is 7.13. The van der Waals surface area contributed by atoms with Gasteiger partial charge in [0, 0.05) is 0 Å². The van der Waals surface area contributed by atoms with Gasteiger partial charge in [0.25, 0.3) is 0 Å². The Kier molecular flexibility index (Phi) is 8.31. The SMILES string of the molecule is Cc1nc2c(ncn2[C@@H]2O[C@H](C[O][Rf])C(OP(OCCC#N)N(C(C)C)C(C)C)[C@@H]2C)c(=O)[nH]1. The van der Waals surface area contributed by atoms with Gasteiger partial charge in [-0.2, -0.15) is 0 Å². The molecule has 0 radical (unpaired) electrons. The van der Waals surface area contributed by atoms with Gasteiger partial charge in [0.1, 0.15) is 0 Å². The van der Waals surface area contributed by atoms with E-state index >= 15 is 0 Å². The van der Waals surface area contributed by atoms with Crippen molar-refractivity contribution in [1.82, 2.24) is 24.2 Å². The van der Waals surface area contributed by atoms with Crippen LogP contribution in [0.25, 0.3) is 11.2 Å². The summed E-state index contributed by atoms with van der Waals surface area (Å²) in [7, 11) is -1.44. The molecule has 13 heteroatoms. The molecule has 3 rings (SSSR count). The van der Waals surface area contributed by atoms with Crippen molar-refractivity contribution in [3.8, 4) is 6.07 Å². The van der Waals surface area contributed by atoms with Crippen LogP contribution in [0.5, 0.6) is 0 Å². The van der Waals surface area contributed by atoms with E-state index in [1.54, 1.807) is 17.8 Å². The molecule has 0 spiro atoms. The number of hydrogen-bond acceptors (Lipinski definition) is 9. The van der Waals surface area contributed by atoms with Crippen LogP contribution < -0.4 is 5.56 Å². The number of fused-ring (bicyclic) bond motifs is 1. The quantitative estimate of drug-likeness (QED) is 0.273. The van der Waals surface area contributed by atoms with Crippen molar-refractivity contribution in [1.29, 1.82) is 5.26 Å². The van der Waals surface area contributed by atoms with Crippen LogP contribution in [0.1, 0.15) is 53.1 Å². The van der Waals surface area contributed by atoms with Gasteiger partial charge in [-0.1, -0.05) is 0 Å². The van der Waals surface area contributed by atoms with E-state index in [9.17, 15) is 4.79 Å². The van der Waals surface area contributed by atoms with Crippen LogP contribution in [-0.4, -0.2) is 61.7 Å². The zero-order chi connectivity index (χ0) is 25.0. The number of nitrogens with zero attached hydrogens (tertiary/aromatic N) is 5. The first-order valence-electron chi connectivity index (χ1n) is 11.4. The number of nitrogens with one attached hydrogen (secondary N) is 1. The summed E-state index contributed by atoms with van der Waals surface area (Å²) in [5, 5.41) is 14.6. The van der Waals surface area contributed by atoms with E-state index in [1.165, 1.54) is 0 Å². The van der Waals surface area contributed by atoms with Gasteiger partial charge in [-0.25, -0.2) is 0 Å². The molecular weight excluding hydrogens is 714 g/mol. The molecule has 0 aliphatic carbocycles. The molecule has 0 amide bonds. The van der Waals surface area contributed by atoms with E-state index in [-0.39, 0.29) is 41.3 Å². The second kappa shape index (κ2) is 11.0. The molecular formula is C21H32N6O5PRf. The minimum absolute atomic E-state index is 0.0359. The molecule has 3 heterocycles. The van der Waals surface area contributed by atoms with Crippen LogP contribution in [-0.2, 0) is 18.9 Å². The summed E-state index contributed by atoms with van der Waals surface area (Å²) in [4.78, 5) is 23.8. The Bertz CT molecular complexity index is 1050. The number of aromatic nitrogens is 4. The summed E-state index contributed by atoms with van der Waals surface area (Å²) in [5.41, 5.74) is 0.478. The molecule has 1 fully saturated rings. The Balaban J connectivity index is 1.93. The summed E-state index contributed by atoms with van der Waals surface area (Å²) < 4.78 is 23.2. The second-order valence-corrected chi connectivity index (χ2v) is 12.1. The van der Waals surface area contributed by atoms with E-state index in [0.29, 0.717) is 31.1 Å². The number of aryl methyl sites for hydroxylation is 1. The van der Waals surface area contributed by atoms with Gasteiger partial charge in [-0.15, -0.1) is 0 Å². The van der Waals surface area contributed by atoms with E-state index in [2.05, 4.69) is 60.3 Å². The third kappa shape index (κ3) is 5.25. The van der Waals surface area contributed by atoms with Crippen molar-refractivity contribution in [2.75, 3.05) is 13.2 Å². The third-order valence-electron chi connectivity index (χ3n) is 5.63. The first-order chi connectivity index (χ1) is 16.2. The zero-order valence-electron chi connectivity index (χ0n) is 20.6. The van der Waals surface area contributed by atoms with Crippen LogP contribution >= 0.6 is 8.53 Å². The Morgan fingerprint density at radius 1 is 1.38 bits per heavy atom. The van der Waals surface area contributed by atoms with Crippen molar-refractivity contribution in [3.05, 3.63) is 22.5 Å². The molecule has 1 aliphatic rings. The van der Waals surface area contributed by atoms with Crippen LogP contribution in [0.3, 0.4) is 0 Å². The average Bonchev–Trinajstić information content (AvgIpc) is 3.30. The molecule has 0 aromatic carbocycles. The molecule has 2 unspecified atom stereocenters. The predicted molar refractivity (Wildman–Crippen MR) is 122 cm³/mol. The Morgan fingerprint density at radius 2 is 2.09 bits per heavy atom. The number of rotatable bonds is 11. The van der Waals surface area contributed by atoms with Crippen molar-refractivity contribution < 1.29 is 18.9 Å². The van der Waals surface area contributed by atoms with Gasteiger partial charge >= 0.3 is 194 Å². The van der Waals surface area contributed by atoms with Crippen molar-refractivity contribution in [2.45, 2.75) is 78.5 Å². The molecule has 5 atom stereocenters. The van der Waals surface area contributed by atoms with Crippen molar-refractivity contribution in [3.63, 3.8) is 0 Å². The predicted octanol–water partition coefficient (Wildman–Crippen LogP) is 3.10. The van der Waals surface area contributed by atoms with Gasteiger partial charge in [-0.05, 0) is 0 Å². The van der Waals surface area contributed by atoms with Gasteiger partial charge in [0.05, 0.1) is 0 Å². The summed E-state index contributed by atoms with van der Waals surface area (Å²) in [6, 6.07) is 2.51. The van der Waals surface area contributed by atoms with Crippen LogP contribution in [0.2, 0.25) is 0 Å². The molecule has 1 N–H and O–H groups in total. The van der Waals surface area contributed by atoms with E-state index < -0.39 is 14.8 Å². The first kappa shape index (κ1) is 25.7. The molecule has 2 aromatic heterocycles. The molecule has 11 nitrogen and oxygen atoms in total. The number of imidazole rings is 1. The summed E-state index contributed by atoms with van der Waals surface area (Å²) in [5.74, 6) is 0.416. The van der Waals surface area contributed by atoms with Crippen LogP contribution in [0.4, 0.5) is 0 Å². The van der Waals surface area contributed by atoms with E-state index in [1.807, 2.05) is 0 Å². The number of H-pyrrole nitrogens is 1. The summed E-state index contributed by atoms with van der Waals surface area (Å²) in [6.07, 6.45) is 0.834. The van der Waals surface area contributed by atoms with Gasteiger partial charge in [0.2, 0.25) is 0 Å². The van der Waals surface area contributed by atoms with Crippen LogP contribution in [0.15, 0.2) is 11.1 Å². The summed E-state index contributed by atoms with van der Waals surface area (Å²) in [6.45, 7) is 12.9. The Morgan fingerprint density at radius 3 is 2.71 bits per heavy atom. The number of nitriles is 1. The minimum atomic E-state index is -1.44. The topological polar surface area (TPSA) is 128 Å². The molecule has 0 saturated carbocycles. The Hall–Kier alpha value is -2.93. The molecule has 0 bridgehead atoms. The molecule has 1 saturated heterocycles. The van der Waals surface area contributed by atoms with Gasteiger partial charge in [-0.3, -0.25) is 0 Å². The number of aromatic amines is 1. The zero-order valence-corrected chi connectivity index (χ0v) is 27.9. The van der Waals surface area contributed by atoms with Crippen molar-refractivity contribution in [2.24, 2.45) is 5.92 Å².